The minimum atomic E-state index is -3.56. The Labute approximate surface area is 183 Å². The first kappa shape index (κ1) is 20.7. The lowest BCUT2D eigenvalue weighted by Crippen LogP contribution is -2.42. The van der Waals surface area contributed by atoms with E-state index >= 15 is 0 Å². The van der Waals surface area contributed by atoms with Crippen molar-refractivity contribution in [3.05, 3.63) is 41.6 Å². The fraction of sp³-hybridized carbons (Fsp3) is 0.545. The molecule has 0 atom stereocenters. The van der Waals surface area contributed by atoms with E-state index in [0.29, 0.717) is 37.6 Å². The quantitative estimate of drug-likeness (QED) is 0.716. The van der Waals surface area contributed by atoms with E-state index in [0.717, 1.165) is 62.0 Å². The Hall–Kier alpha value is -2.23. The monoisotopic (exact) mass is 443 g/mol. The van der Waals surface area contributed by atoms with Crippen LogP contribution in [0.2, 0.25) is 0 Å². The standard InChI is InChI=1S/C22H29N5O3S/c28-31(29,18-7-3-1-4-8-18)27-12-9-20-19(17-27)21(25-13-15-30-16-14-25)24-22(23-20)26-10-5-2-6-11-26/h1,3-4,7-8H,2,5-6,9-17H2. The van der Waals surface area contributed by atoms with Gasteiger partial charge in [0.05, 0.1) is 23.8 Å². The molecule has 3 aliphatic rings. The van der Waals surface area contributed by atoms with Gasteiger partial charge in [-0.05, 0) is 31.4 Å². The molecule has 166 valence electrons. The number of morpholine rings is 1. The van der Waals surface area contributed by atoms with Crippen molar-refractivity contribution in [1.82, 2.24) is 14.3 Å². The second-order valence-corrected chi connectivity index (χ2v) is 10.3. The summed E-state index contributed by atoms with van der Waals surface area (Å²) in [5.41, 5.74) is 1.92. The summed E-state index contributed by atoms with van der Waals surface area (Å²) in [4.78, 5) is 14.7. The summed E-state index contributed by atoms with van der Waals surface area (Å²) in [5, 5.41) is 0. The van der Waals surface area contributed by atoms with Gasteiger partial charge in [-0.15, -0.1) is 0 Å². The number of fused-ring (bicyclic) bond motifs is 1. The van der Waals surface area contributed by atoms with Crippen molar-refractivity contribution >= 4 is 21.8 Å². The van der Waals surface area contributed by atoms with Crippen molar-refractivity contribution in [2.24, 2.45) is 0 Å². The fourth-order valence-electron chi connectivity index (χ4n) is 4.58. The Morgan fingerprint density at radius 3 is 2.32 bits per heavy atom. The summed E-state index contributed by atoms with van der Waals surface area (Å²) in [7, 11) is -3.56. The number of aromatic nitrogens is 2. The van der Waals surface area contributed by atoms with Crippen LogP contribution in [-0.4, -0.2) is 68.6 Å². The number of hydrogen-bond donors (Lipinski definition) is 0. The van der Waals surface area contributed by atoms with Gasteiger partial charge in [0.15, 0.2) is 0 Å². The molecule has 4 heterocycles. The van der Waals surface area contributed by atoms with Gasteiger partial charge in [-0.1, -0.05) is 18.2 Å². The molecule has 1 aromatic heterocycles. The van der Waals surface area contributed by atoms with E-state index in [-0.39, 0.29) is 0 Å². The molecule has 2 saturated heterocycles. The zero-order valence-electron chi connectivity index (χ0n) is 17.7. The molecule has 0 unspecified atom stereocenters. The number of sulfonamides is 1. The zero-order valence-corrected chi connectivity index (χ0v) is 18.6. The average molecular weight is 444 g/mol. The fourth-order valence-corrected chi connectivity index (χ4v) is 6.01. The van der Waals surface area contributed by atoms with Gasteiger partial charge in [0.2, 0.25) is 16.0 Å². The molecule has 2 aromatic rings. The second kappa shape index (κ2) is 8.72. The first-order chi connectivity index (χ1) is 15.1. The van der Waals surface area contributed by atoms with Gasteiger partial charge in [0.1, 0.15) is 5.82 Å². The predicted molar refractivity (Wildman–Crippen MR) is 119 cm³/mol. The van der Waals surface area contributed by atoms with Crippen LogP contribution in [0.3, 0.4) is 0 Å². The predicted octanol–water partition coefficient (Wildman–Crippen LogP) is 2.05. The molecule has 0 aliphatic carbocycles. The molecule has 0 radical (unpaired) electrons. The van der Waals surface area contributed by atoms with Crippen molar-refractivity contribution in [1.29, 1.82) is 0 Å². The largest absolute Gasteiger partial charge is 0.378 e. The average Bonchev–Trinajstić information content (AvgIpc) is 2.84. The highest BCUT2D eigenvalue weighted by atomic mass is 32.2. The number of piperidine rings is 1. The SMILES string of the molecule is O=S(=O)(c1ccccc1)N1CCc2nc(N3CCCCC3)nc(N3CCOCC3)c2C1. The van der Waals surface area contributed by atoms with Crippen molar-refractivity contribution in [3.8, 4) is 0 Å². The maximum Gasteiger partial charge on any atom is 0.243 e. The highest BCUT2D eigenvalue weighted by Crippen LogP contribution is 2.32. The first-order valence-corrected chi connectivity index (χ1v) is 12.6. The van der Waals surface area contributed by atoms with Crippen molar-refractivity contribution in [2.75, 3.05) is 55.7 Å². The number of benzene rings is 1. The molecule has 2 fully saturated rings. The molecule has 0 amide bonds. The van der Waals surface area contributed by atoms with Crippen LogP contribution in [-0.2, 0) is 27.7 Å². The van der Waals surface area contributed by atoms with Crippen LogP contribution >= 0.6 is 0 Å². The lowest BCUT2D eigenvalue weighted by Gasteiger charge is -2.35. The summed E-state index contributed by atoms with van der Waals surface area (Å²) in [6, 6.07) is 8.67. The first-order valence-electron chi connectivity index (χ1n) is 11.2. The van der Waals surface area contributed by atoms with Crippen molar-refractivity contribution in [2.45, 2.75) is 37.1 Å². The molecule has 0 saturated carbocycles. The molecule has 8 nitrogen and oxygen atoms in total. The van der Waals surface area contributed by atoms with Crippen LogP contribution in [0, 0.1) is 0 Å². The number of anilines is 2. The Balaban J connectivity index is 1.51. The van der Waals surface area contributed by atoms with E-state index in [1.54, 1.807) is 28.6 Å². The molecule has 3 aliphatic heterocycles. The maximum atomic E-state index is 13.2. The summed E-state index contributed by atoms with van der Waals surface area (Å²) < 4.78 is 33.6. The second-order valence-electron chi connectivity index (χ2n) is 8.32. The summed E-state index contributed by atoms with van der Waals surface area (Å²) >= 11 is 0. The van der Waals surface area contributed by atoms with Crippen LogP contribution < -0.4 is 9.80 Å². The van der Waals surface area contributed by atoms with E-state index in [1.807, 2.05) is 6.07 Å². The summed E-state index contributed by atoms with van der Waals surface area (Å²) in [5.74, 6) is 1.67. The van der Waals surface area contributed by atoms with Gasteiger partial charge in [-0.3, -0.25) is 0 Å². The number of ether oxygens (including phenoxy) is 1. The minimum Gasteiger partial charge on any atom is -0.378 e. The van der Waals surface area contributed by atoms with Crippen LogP contribution in [0.25, 0.3) is 0 Å². The highest BCUT2D eigenvalue weighted by Gasteiger charge is 2.33. The summed E-state index contributed by atoms with van der Waals surface area (Å²) in [6.07, 6.45) is 4.18. The zero-order chi connectivity index (χ0) is 21.3. The van der Waals surface area contributed by atoms with E-state index in [9.17, 15) is 8.42 Å². The number of hydrogen-bond acceptors (Lipinski definition) is 7. The van der Waals surface area contributed by atoms with Crippen LogP contribution in [0.15, 0.2) is 35.2 Å². The van der Waals surface area contributed by atoms with E-state index in [2.05, 4.69) is 9.80 Å². The Kier molecular flexibility index (Phi) is 5.81. The van der Waals surface area contributed by atoms with E-state index in [4.69, 9.17) is 14.7 Å². The molecule has 5 rings (SSSR count). The van der Waals surface area contributed by atoms with Crippen molar-refractivity contribution < 1.29 is 13.2 Å². The normalized spacial score (nSPS) is 20.5. The van der Waals surface area contributed by atoms with Gasteiger partial charge in [-0.2, -0.15) is 9.29 Å². The van der Waals surface area contributed by atoms with Gasteiger partial charge in [-0.25, -0.2) is 13.4 Å². The third kappa shape index (κ3) is 4.14. The van der Waals surface area contributed by atoms with Crippen LogP contribution in [0.1, 0.15) is 30.5 Å². The Morgan fingerprint density at radius 2 is 1.58 bits per heavy atom. The number of rotatable bonds is 4. The van der Waals surface area contributed by atoms with Crippen molar-refractivity contribution in [3.63, 3.8) is 0 Å². The maximum absolute atomic E-state index is 13.2. The topological polar surface area (TPSA) is 78.9 Å². The van der Waals surface area contributed by atoms with Crippen LogP contribution in [0.4, 0.5) is 11.8 Å². The third-order valence-electron chi connectivity index (χ3n) is 6.32. The molecular weight excluding hydrogens is 414 g/mol. The lowest BCUT2D eigenvalue weighted by molar-refractivity contribution is 0.122. The number of nitrogens with zero attached hydrogens (tertiary/aromatic N) is 5. The smallest absolute Gasteiger partial charge is 0.243 e. The molecule has 0 bridgehead atoms. The highest BCUT2D eigenvalue weighted by molar-refractivity contribution is 7.89. The molecule has 0 N–H and O–H groups in total. The molecule has 1 aromatic carbocycles. The Morgan fingerprint density at radius 1 is 0.839 bits per heavy atom. The molecule has 9 heteroatoms. The van der Waals surface area contributed by atoms with Gasteiger partial charge in [0.25, 0.3) is 0 Å². The molecular formula is C22H29N5O3S. The van der Waals surface area contributed by atoms with Crippen LogP contribution in [0.5, 0.6) is 0 Å². The van der Waals surface area contributed by atoms with E-state index in [1.165, 1.54) is 6.42 Å². The molecule has 31 heavy (non-hydrogen) atoms. The summed E-state index contributed by atoms with van der Waals surface area (Å²) in [6.45, 7) is 5.53. The van der Waals surface area contributed by atoms with E-state index < -0.39 is 10.0 Å². The minimum absolute atomic E-state index is 0.305. The van der Waals surface area contributed by atoms with Gasteiger partial charge < -0.3 is 14.5 Å². The van der Waals surface area contributed by atoms with Gasteiger partial charge >= 0.3 is 0 Å². The lowest BCUT2D eigenvalue weighted by atomic mass is 10.1. The third-order valence-corrected chi connectivity index (χ3v) is 8.18. The molecule has 0 spiro atoms. The van der Waals surface area contributed by atoms with Gasteiger partial charge in [0, 0.05) is 51.3 Å². The Bertz CT molecular complexity index is 1020.